The first-order valence-electron chi connectivity index (χ1n) is 4.74. The molecule has 0 aliphatic heterocycles. The number of fused-ring (bicyclic) bond motifs is 1. The predicted octanol–water partition coefficient (Wildman–Crippen LogP) is 2.25. The third-order valence-electron chi connectivity index (χ3n) is 2.23. The molecule has 2 heterocycles. The SMILES string of the molecule is [Rh].c1ccc(-c2nc3ccccc3[n-]2)nc1. The van der Waals surface area contributed by atoms with Crippen molar-refractivity contribution in [2.24, 2.45) is 0 Å². The van der Waals surface area contributed by atoms with Crippen molar-refractivity contribution in [3.05, 3.63) is 48.7 Å². The maximum Gasteiger partial charge on any atom is 0.0620 e. The van der Waals surface area contributed by atoms with Crippen LogP contribution in [0.25, 0.3) is 22.6 Å². The molecule has 0 saturated heterocycles. The zero-order valence-electron chi connectivity index (χ0n) is 8.29. The van der Waals surface area contributed by atoms with Crippen LogP contribution in [-0.2, 0) is 19.5 Å². The average molecular weight is 297 g/mol. The molecular formula is C12H8N3Rh-. The van der Waals surface area contributed by atoms with Crippen molar-refractivity contribution in [3.8, 4) is 11.5 Å². The van der Waals surface area contributed by atoms with Crippen LogP contribution in [0.15, 0.2) is 48.7 Å². The van der Waals surface area contributed by atoms with Gasteiger partial charge in [0.05, 0.1) is 5.69 Å². The third kappa shape index (κ3) is 1.89. The van der Waals surface area contributed by atoms with Crippen molar-refractivity contribution in [1.29, 1.82) is 0 Å². The summed E-state index contributed by atoms with van der Waals surface area (Å²) in [5, 5.41) is 0. The van der Waals surface area contributed by atoms with E-state index in [4.69, 9.17) is 0 Å². The van der Waals surface area contributed by atoms with Gasteiger partial charge in [0, 0.05) is 25.7 Å². The van der Waals surface area contributed by atoms with E-state index in [0.29, 0.717) is 5.82 Å². The molecule has 0 unspecified atom stereocenters. The topological polar surface area (TPSA) is 39.9 Å². The molecule has 0 aliphatic carbocycles. The van der Waals surface area contributed by atoms with Crippen molar-refractivity contribution >= 4 is 11.0 Å². The fourth-order valence-electron chi connectivity index (χ4n) is 1.52. The van der Waals surface area contributed by atoms with E-state index in [-0.39, 0.29) is 19.5 Å². The second kappa shape index (κ2) is 4.54. The number of hydrogen-bond acceptors (Lipinski definition) is 2. The number of nitrogens with zero attached hydrogens (tertiary/aromatic N) is 3. The summed E-state index contributed by atoms with van der Waals surface area (Å²) >= 11 is 0. The van der Waals surface area contributed by atoms with Gasteiger partial charge < -0.3 is 9.97 Å². The van der Waals surface area contributed by atoms with Crippen LogP contribution in [0.4, 0.5) is 0 Å². The van der Waals surface area contributed by atoms with Gasteiger partial charge in [-0.1, -0.05) is 30.3 Å². The normalized spacial score (nSPS) is 10.0. The Bertz CT molecular complexity index is 556. The van der Waals surface area contributed by atoms with Gasteiger partial charge in [0.1, 0.15) is 0 Å². The van der Waals surface area contributed by atoms with E-state index in [0.717, 1.165) is 16.7 Å². The molecule has 0 atom stereocenters. The van der Waals surface area contributed by atoms with E-state index in [2.05, 4.69) is 15.0 Å². The van der Waals surface area contributed by atoms with Crippen molar-refractivity contribution in [3.63, 3.8) is 0 Å². The molecule has 0 N–H and O–H groups in total. The fraction of sp³-hybridized carbons (Fsp3) is 0. The van der Waals surface area contributed by atoms with Crippen LogP contribution in [0.3, 0.4) is 0 Å². The van der Waals surface area contributed by atoms with E-state index in [1.54, 1.807) is 6.20 Å². The summed E-state index contributed by atoms with van der Waals surface area (Å²) in [5.74, 6) is 0.691. The van der Waals surface area contributed by atoms with Crippen molar-refractivity contribution < 1.29 is 19.5 Å². The minimum absolute atomic E-state index is 0. The largest absolute Gasteiger partial charge is 0.434 e. The first-order valence-corrected chi connectivity index (χ1v) is 4.74. The quantitative estimate of drug-likeness (QED) is 0.647. The van der Waals surface area contributed by atoms with Crippen LogP contribution in [0, 0.1) is 0 Å². The molecule has 3 aromatic rings. The number of hydrogen-bond donors (Lipinski definition) is 0. The molecular weight excluding hydrogens is 289 g/mol. The number of aromatic nitrogens is 3. The monoisotopic (exact) mass is 297 g/mol. The number of imidazole rings is 1. The Kier molecular flexibility index (Phi) is 3.11. The van der Waals surface area contributed by atoms with Gasteiger partial charge in [-0.3, -0.25) is 4.98 Å². The van der Waals surface area contributed by atoms with Gasteiger partial charge in [0.25, 0.3) is 0 Å². The Labute approximate surface area is 106 Å². The zero-order chi connectivity index (χ0) is 10.1. The Morgan fingerprint density at radius 1 is 0.938 bits per heavy atom. The molecule has 81 valence electrons. The standard InChI is InChI=1S/C12H8N3.Rh/c1-2-6-10-9(5-1)14-12(15-10)11-7-3-4-8-13-11;/h1-8H;/q-1;. The minimum Gasteiger partial charge on any atom is -0.434 e. The number of benzene rings is 1. The molecule has 4 heteroatoms. The second-order valence-corrected chi connectivity index (χ2v) is 3.25. The molecule has 2 aromatic heterocycles. The zero-order valence-corrected chi connectivity index (χ0v) is 9.93. The molecule has 0 bridgehead atoms. The predicted molar refractivity (Wildman–Crippen MR) is 58.3 cm³/mol. The second-order valence-electron chi connectivity index (χ2n) is 3.25. The molecule has 0 spiro atoms. The first-order chi connectivity index (χ1) is 7.43. The molecule has 3 rings (SSSR count). The summed E-state index contributed by atoms with van der Waals surface area (Å²) in [4.78, 5) is 13.0. The van der Waals surface area contributed by atoms with Crippen molar-refractivity contribution in [1.82, 2.24) is 15.0 Å². The van der Waals surface area contributed by atoms with Crippen molar-refractivity contribution in [2.45, 2.75) is 0 Å². The number of para-hydroxylation sites is 2. The molecule has 0 amide bonds. The third-order valence-corrected chi connectivity index (χ3v) is 2.23. The summed E-state index contributed by atoms with van der Waals surface area (Å²) < 4.78 is 0. The Morgan fingerprint density at radius 3 is 2.50 bits per heavy atom. The Balaban J connectivity index is 0.000000963. The van der Waals surface area contributed by atoms with Gasteiger partial charge in [0.15, 0.2) is 0 Å². The summed E-state index contributed by atoms with van der Waals surface area (Å²) in [5.41, 5.74) is 2.64. The molecule has 16 heavy (non-hydrogen) atoms. The van der Waals surface area contributed by atoms with Crippen LogP contribution >= 0.6 is 0 Å². The van der Waals surface area contributed by atoms with E-state index in [1.165, 1.54) is 0 Å². The van der Waals surface area contributed by atoms with Gasteiger partial charge in [-0.2, -0.15) is 0 Å². The summed E-state index contributed by atoms with van der Waals surface area (Å²) in [6.07, 6.45) is 1.75. The Hall–Kier alpha value is -1.54. The van der Waals surface area contributed by atoms with Crippen LogP contribution in [-0.4, -0.2) is 9.97 Å². The molecule has 1 aromatic carbocycles. The minimum atomic E-state index is 0. The first kappa shape index (κ1) is 11.0. The van der Waals surface area contributed by atoms with Crippen LogP contribution in [0.1, 0.15) is 0 Å². The number of pyridine rings is 1. The van der Waals surface area contributed by atoms with E-state index < -0.39 is 0 Å². The van der Waals surface area contributed by atoms with Gasteiger partial charge in [-0.25, -0.2) is 0 Å². The smallest absolute Gasteiger partial charge is 0.0620 e. The Morgan fingerprint density at radius 2 is 1.75 bits per heavy atom. The average Bonchev–Trinajstić information content (AvgIpc) is 2.74. The molecule has 3 nitrogen and oxygen atoms in total. The van der Waals surface area contributed by atoms with Crippen LogP contribution < -0.4 is 4.98 Å². The van der Waals surface area contributed by atoms with Crippen molar-refractivity contribution in [2.75, 3.05) is 0 Å². The maximum absolute atomic E-state index is 4.41. The molecule has 0 aliphatic rings. The summed E-state index contributed by atoms with van der Waals surface area (Å²) in [6.45, 7) is 0. The van der Waals surface area contributed by atoms with E-state index in [1.807, 2.05) is 42.5 Å². The molecule has 0 saturated carbocycles. The van der Waals surface area contributed by atoms with Crippen LogP contribution in [0.5, 0.6) is 0 Å². The molecule has 0 fully saturated rings. The van der Waals surface area contributed by atoms with Gasteiger partial charge in [0.2, 0.25) is 0 Å². The summed E-state index contributed by atoms with van der Waals surface area (Å²) in [7, 11) is 0. The molecule has 1 radical (unpaired) electrons. The van der Waals surface area contributed by atoms with E-state index in [9.17, 15) is 0 Å². The number of rotatable bonds is 1. The van der Waals surface area contributed by atoms with Crippen LogP contribution in [0.2, 0.25) is 0 Å². The fourth-order valence-corrected chi connectivity index (χ4v) is 1.52. The van der Waals surface area contributed by atoms with E-state index >= 15 is 0 Å². The van der Waals surface area contributed by atoms with Gasteiger partial charge in [-0.15, -0.1) is 0 Å². The van der Waals surface area contributed by atoms with Gasteiger partial charge in [-0.05, 0) is 29.0 Å². The maximum atomic E-state index is 4.41. The van der Waals surface area contributed by atoms with Gasteiger partial charge >= 0.3 is 0 Å². The summed E-state index contributed by atoms with van der Waals surface area (Å²) in [6, 6.07) is 13.5.